The number of ether oxygens (including phenoxy) is 1. The third-order valence-electron chi connectivity index (χ3n) is 4.92. The number of rotatable bonds is 8. The van der Waals surface area contributed by atoms with E-state index < -0.39 is 11.6 Å². The van der Waals surface area contributed by atoms with Gasteiger partial charge in [-0.3, -0.25) is 9.59 Å². The van der Waals surface area contributed by atoms with Crippen molar-refractivity contribution in [3.8, 4) is 5.75 Å². The molecule has 0 aliphatic rings. The molecule has 2 aromatic carbocycles. The third kappa shape index (κ3) is 6.08. The van der Waals surface area contributed by atoms with E-state index >= 15 is 0 Å². The highest BCUT2D eigenvalue weighted by atomic mass is 16.5. The van der Waals surface area contributed by atoms with Crippen LogP contribution in [0.2, 0.25) is 0 Å². The highest BCUT2D eigenvalue weighted by molar-refractivity contribution is 5.97. The molecule has 156 valence electrons. The van der Waals surface area contributed by atoms with Crippen LogP contribution in [0.3, 0.4) is 0 Å². The molecule has 0 aliphatic carbocycles. The van der Waals surface area contributed by atoms with Crippen LogP contribution in [0.15, 0.2) is 42.5 Å². The predicted molar refractivity (Wildman–Crippen MR) is 116 cm³/mol. The lowest BCUT2D eigenvalue weighted by Gasteiger charge is -2.27. The van der Waals surface area contributed by atoms with Crippen LogP contribution in [0, 0.1) is 6.92 Å². The minimum Gasteiger partial charge on any atom is -0.481 e. The van der Waals surface area contributed by atoms with Crippen LogP contribution in [0.1, 0.15) is 69.6 Å². The molecule has 0 spiro atoms. The molecule has 2 rings (SSSR count). The van der Waals surface area contributed by atoms with Crippen LogP contribution in [-0.2, 0) is 9.59 Å². The molecule has 5 heteroatoms. The highest BCUT2D eigenvalue weighted by Gasteiger charge is 2.31. The summed E-state index contributed by atoms with van der Waals surface area (Å²) in [4.78, 5) is 23.7. The minimum absolute atomic E-state index is 0.0707. The molecule has 0 aliphatic heterocycles. The molecule has 0 bridgehead atoms. The Bertz CT molecular complexity index is 869. The Morgan fingerprint density at radius 1 is 1.07 bits per heavy atom. The number of aryl methyl sites for hydroxylation is 1. The number of hydrogen-bond acceptors (Lipinski definition) is 3. The minimum atomic E-state index is -1.06. The number of carboxylic acids is 1. The summed E-state index contributed by atoms with van der Waals surface area (Å²) in [6.45, 7) is 11.6. The first kappa shape index (κ1) is 22.5. The summed E-state index contributed by atoms with van der Waals surface area (Å²) in [6.07, 6.45) is 0.0707. The van der Waals surface area contributed by atoms with Crippen molar-refractivity contribution in [1.29, 1.82) is 0 Å². The number of amides is 1. The summed E-state index contributed by atoms with van der Waals surface area (Å²) in [5.74, 6) is -0.165. The average molecular weight is 398 g/mol. The van der Waals surface area contributed by atoms with Gasteiger partial charge in [-0.25, -0.2) is 0 Å². The van der Waals surface area contributed by atoms with Crippen LogP contribution in [0.25, 0.3) is 0 Å². The number of carboxylic acid groups (broad SMARTS) is 1. The van der Waals surface area contributed by atoms with Crippen LogP contribution in [-0.4, -0.2) is 22.6 Å². The quantitative estimate of drug-likeness (QED) is 0.617. The van der Waals surface area contributed by atoms with Gasteiger partial charge < -0.3 is 15.2 Å². The first-order chi connectivity index (χ1) is 13.5. The van der Waals surface area contributed by atoms with Crippen LogP contribution < -0.4 is 10.1 Å². The molecule has 0 saturated heterocycles. The van der Waals surface area contributed by atoms with Crippen molar-refractivity contribution in [3.63, 3.8) is 0 Å². The van der Waals surface area contributed by atoms with E-state index in [0.29, 0.717) is 5.69 Å². The lowest BCUT2D eigenvalue weighted by atomic mass is 9.97. The van der Waals surface area contributed by atoms with Gasteiger partial charge in [-0.05, 0) is 67.5 Å². The van der Waals surface area contributed by atoms with Gasteiger partial charge in [0.25, 0.3) is 5.91 Å². The standard InChI is InChI=1S/C24H31NO4/c1-15(2)20-12-7-16(3)13-21(20)29-24(5,6)23(28)25-19-10-8-18(9-11-19)17(4)14-22(26)27/h7-13,15,17H,14H2,1-6H3,(H,25,28)(H,26,27). The summed E-state index contributed by atoms with van der Waals surface area (Å²) in [5.41, 5.74) is 2.64. The molecule has 29 heavy (non-hydrogen) atoms. The maximum Gasteiger partial charge on any atom is 0.303 e. The van der Waals surface area contributed by atoms with Crippen molar-refractivity contribution in [3.05, 3.63) is 59.2 Å². The number of benzene rings is 2. The topological polar surface area (TPSA) is 75.6 Å². The molecule has 1 atom stereocenters. The fraction of sp³-hybridized carbons (Fsp3) is 0.417. The van der Waals surface area contributed by atoms with E-state index in [2.05, 4.69) is 19.2 Å². The number of carbonyl (C=O) groups is 2. The molecule has 0 fully saturated rings. The van der Waals surface area contributed by atoms with Crippen molar-refractivity contribution >= 4 is 17.6 Å². The molecule has 1 unspecified atom stereocenters. The monoisotopic (exact) mass is 397 g/mol. The second kappa shape index (κ2) is 9.12. The number of hydrogen-bond donors (Lipinski definition) is 2. The number of carbonyl (C=O) groups excluding carboxylic acids is 1. The van der Waals surface area contributed by atoms with Crippen molar-refractivity contribution in [2.75, 3.05) is 5.32 Å². The van der Waals surface area contributed by atoms with Crippen LogP contribution in [0.5, 0.6) is 5.75 Å². The molecule has 0 radical (unpaired) electrons. The van der Waals surface area contributed by atoms with Crippen molar-refractivity contribution in [2.45, 2.75) is 65.4 Å². The van der Waals surface area contributed by atoms with Crippen molar-refractivity contribution in [2.24, 2.45) is 0 Å². The molecule has 0 aromatic heterocycles. The van der Waals surface area contributed by atoms with Gasteiger partial charge in [0.15, 0.2) is 5.60 Å². The molecule has 1 amide bonds. The van der Waals surface area contributed by atoms with Gasteiger partial charge in [0.1, 0.15) is 5.75 Å². The first-order valence-electron chi connectivity index (χ1n) is 9.92. The Morgan fingerprint density at radius 3 is 2.24 bits per heavy atom. The van der Waals surface area contributed by atoms with Gasteiger partial charge in [0.05, 0.1) is 6.42 Å². The largest absolute Gasteiger partial charge is 0.481 e. The smallest absolute Gasteiger partial charge is 0.303 e. The van der Waals surface area contributed by atoms with Gasteiger partial charge >= 0.3 is 5.97 Å². The van der Waals surface area contributed by atoms with E-state index in [0.717, 1.165) is 22.4 Å². The highest BCUT2D eigenvalue weighted by Crippen LogP contribution is 2.31. The Morgan fingerprint density at radius 2 is 1.69 bits per heavy atom. The molecule has 0 saturated carbocycles. The van der Waals surface area contributed by atoms with Gasteiger partial charge in [0.2, 0.25) is 0 Å². The zero-order valence-corrected chi connectivity index (χ0v) is 18.1. The van der Waals surface area contributed by atoms with E-state index in [1.54, 1.807) is 26.0 Å². The van der Waals surface area contributed by atoms with Gasteiger partial charge in [0, 0.05) is 5.69 Å². The number of aliphatic carboxylic acids is 1. The lowest BCUT2D eigenvalue weighted by molar-refractivity contribution is -0.137. The molecular formula is C24H31NO4. The van der Waals surface area contributed by atoms with Gasteiger partial charge in [-0.2, -0.15) is 0 Å². The van der Waals surface area contributed by atoms with E-state index in [4.69, 9.17) is 9.84 Å². The lowest BCUT2D eigenvalue weighted by Crippen LogP contribution is -2.42. The Kier molecular flexibility index (Phi) is 7.07. The first-order valence-corrected chi connectivity index (χ1v) is 9.92. The maximum absolute atomic E-state index is 12.9. The van der Waals surface area contributed by atoms with E-state index in [1.807, 2.05) is 44.2 Å². The second-order valence-electron chi connectivity index (χ2n) is 8.38. The van der Waals surface area contributed by atoms with Crippen LogP contribution >= 0.6 is 0 Å². The van der Waals surface area contributed by atoms with E-state index in [1.165, 1.54) is 0 Å². The molecule has 2 aromatic rings. The predicted octanol–water partition coefficient (Wildman–Crippen LogP) is 5.49. The van der Waals surface area contributed by atoms with Gasteiger partial charge in [-0.15, -0.1) is 0 Å². The normalized spacial score (nSPS) is 12.5. The van der Waals surface area contributed by atoms with Crippen LogP contribution in [0.4, 0.5) is 5.69 Å². The summed E-state index contributed by atoms with van der Waals surface area (Å²) >= 11 is 0. The Hall–Kier alpha value is -2.82. The van der Waals surface area contributed by atoms with Gasteiger partial charge in [-0.1, -0.05) is 45.0 Å². The van der Waals surface area contributed by atoms with Crippen molar-refractivity contribution < 1.29 is 19.4 Å². The SMILES string of the molecule is Cc1ccc(C(C)C)c(OC(C)(C)C(=O)Nc2ccc(C(C)CC(=O)O)cc2)c1. The number of anilines is 1. The average Bonchev–Trinajstić information content (AvgIpc) is 2.61. The molecule has 0 heterocycles. The summed E-state index contributed by atoms with van der Waals surface area (Å²) < 4.78 is 6.14. The van der Waals surface area contributed by atoms with E-state index in [9.17, 15) is 9.59 Å². The fourth-order valence-electron chi connectivity index (χ4n) is 3.08. The maximum atomic E-state index is 12.9. The zero-order valence-electron chi connectivity index (χ0n) is 18.1. The van der Waals surface area contributed by atoms with E-state index in [-0.39, 0.29) is 24.2 Å². The Labute approximate surface area is 173 Å². The summed E-state index contributed by atoms with van der Waals surface area (Å²) in [5, 5.41) is 11.8. The molecule has 5 nitrogen and oxygen atoms in total. The fourth-order valence-corrected chi connectivity index (χ4v) is 3.08. The molecule has 2 N–H and O–H groups in total. The molecular weight excluding hydrogens is 366 g/mol. The summed E-state index contributed by atoms with van der Waals surface area (Å²) in [6, 6.07) is 13.3. The third-order valence-corrected chi connectivity index (χ3v) is 4.92. The zero-order chi connectivity index (χ0) is 21.8. The van der Waals surface area contributed by atoms with Crippen molar-refractivity contribution in [1.82, 2.24) is 0 Å². The second-order valence-corrected chi connectivity index (χ2v) is 8.38. The Balaban J connectivity index is 2.12. The summed E-state index contributed by atoms with van der Waals surface area (Å²) in [7, 11) is 0. The number of nitrogens with one attached hydrogen (secondary N) is 1.